The Labute approximate surface area is 124 Å². The second-order valence-corrected chi connectivity index (χ2v) is 5.49. The maximum atomic E-state index is 12.3. The van der Waals surface area contributed by atoms with E-state index in [2.05, 4.69) is 0 Å². The van der Waals surface area contributed by atoms with Crippen molar-refractivity contribution in [3.8, 4) is 5.75 Å². The summed E-state index contributed by atoms with van der Waals surface area (Å²) in [5.74, 6) is 0.894. The van der Waals surface area contributed by atoms with Gasteiger partial charge in [-0.25, -0.2) is 0 Å². The van der Waals surface area contributed by atoms with Gasteiger partial charge in [0.25, 0.3) is 0 Å². The highest BCUT2D eigenvalue weighted by Gasteiger charge is 2.23. The highest BCUT2D eigenvalue weighted by atomic mass is 16.5. The van der Waals surface area contributed by atoms with Gasteiger partial charge in [-0.1, -0.05) is 30.3 Å². The molecule has 2 aromatic carbocycles. The second kappa shape index (κ2) is 6.10. The molecule has 1 atom stereocenters. The SMILES string of the molecule is NC(CC(=O)c1ccc(OC2CC2)cc1)c1ccccc1. The van der Waals surface area contributed by atoms with Crippen molar-refractivity contribution in [2.75, 3.05) is 0 Å². The van der Waals surface area contributed by atoms with Gasteiger partial charge in [0, 0.05) is 18.0 Å². The minimum atomic E-state index is -0.263. The number of rotatable bonds is 6. The van der Waals surface area contributed by atoms with E-state index in [-0.39, 0.29) is 11.8 Å². The Morgan fingerprint density at radius 1 is 1.10 bits per heavy atom. The van der Waals surface area contributed by atoms with Crippen molar-refractivity contribution in [3.63, 3.8) is 0 Å². The van der Waals surface area contributed by atoms with Crippen molar-refractivity contribution in [1.82, 2.24) is 0 Å². The summed E-state index contributed by atoms with van der Waals surface area (Å²) in [6.07, 6.45) is 2.95. The van der Waals surface area contributed by atoms with Crippen LogP contribution >= 0.6 is 0 Å². The molecule has 3 nitrogen and oxygen atoms in total. The van der Waals surface area contributed by atoms with Crippen molar-refractivity contribution in [2.45, 2.75) is 31.4 Å². The topological polar surface area (TPSA) is 52.3 Å². The maximum absolute atomic E-state index is 12.3. The molecule has 3 rings (SSSR count). The molecule has 1 unspecified atom stereocenters. The first kappa shape index (κ1) is 13.8. The molecule has 0 saturated heterocycles. The molecule has 0 radical (unpaired) electrons. The zero-order valence-corrected chi connectivity index (χ0v) is 11.9. The monoisotopic (exact) mass is 281 g/mol. The van der Waals surface area contributed by atoms with E-state index in [1.165, 1.54) is 0 Å². The summed E-state index contributed by atoms with van der Waals surface area (Å²) in [5.41, 5.74) is 7.76. The predicted octanol–water partition coefficient (Wildman–Crippen LogP) is 3.50. The van der Waals surface area contributed by atoms with E-state index in [1.54, 1.807) is 0 Å². The number of nitrogens with two attached hydrogens (primary N) is 1. The molecule has 0 spiro atoms. The number of benzene rings is 2. The molecule has 0 amide bonds. The minimum Gasteiger partial charge on any atom is -0.490 e. The summed E-state index contributed by atoms with van der Waals surface area (Å²) >= 11 is 0. The van der Waals surface area contributed by atoms with Crippen LogP contribution in [0.1, 0.15) is 41.2 Å². The van der Waals surface area contributed by atoms with Gasteiger partial charge >= 0.3 is 0 Å². The van der Waals surface area contributed by atoms with Gasteiger partial charge in [-0.15, -0.1) is 0 Å². The molecule has 0 heterocycles. The fraction of sp³-hybridized carbons (Fsp3) is 0.278. The number of Topliss-reactive ketones (excluding diaryl/α,β-unsaturated/α-hetero) is 1. The Hall–Kier alpha value is -2.13. The van der Waals surface area contributed by atoms with Crippen LogP contribution in [0.25, 0.3) is 0 Å². The molecule has 1 saturated carbocycles. The van der Waals surface area contributed by atoms with E-state index in [9.17, 15) is 4.79 Å². The Bertz CT molecular complexity index is 603. The fourth-order valence-corrected chi connectivity index (χ4v) is 2.23. The fourth-order valence-electron chi connectivity index (χ4n) is 2.23. The van der Waals surface area contributed by atoms with E-state index in [4.69, 9.17) is 10.5 Å². The standard InChI is InChI=1S/C18H19NO2/c19-17(13-4-2-1-3-5-13)12-18(20)14-6-8-15(9-7-14)21-16-10-11-16/h1-9,16-17H,10-12,19H2. The lowest BCUT2D eigenvalue weighted by Gasteiger charge is -2.11. The summed E-state index contributed by atoms with van der Waals surface area (Å²) < 4.78 is 5.67. The van der Waals surface area contributed by atoms with Gasteiger partial charge < -0.3 is 10.5 Å². The van der Waals surface area contributed by atoms with Crippen LogP contribution in [0.2, 0.25) is 0 Å². The van der Waals surface area contributed by atoms with Crippen LogP contribution in [-0.2, 0) is 0 Å². The smallest absolute Gasteiger partial charge is 0.164 e. The van der Waals surface area contributed by atoms with Gasteiger partial charge in [0.2, 0.25) is 0 Å². The molecule has 0 aromatic heterocycles. The molecule has 1 aliphatic rings. The predicted molar refractivity (Wildman–Crippen MR) is 82.4 cm³/mol. The largest absolute Gasteiger partial charge is 0.490 e. The summed E-state index contributed by atoms with van der Waals surface area (Å²) in [6.45, 7) is 0. The number of carbonyl (C=O) groups excluding carboxylic acids is 1. The lowest BCUT2D eigenvalue weighted by Crippen LogP contribution is -2.15. The second-order valence-electron chi connectivity index (χ2n) is 5.49. The van der Waals surface area contributed by atoms with Gasteiger partial charge in [-0.05, 0) is 42.7 Å². The van der Waals surface area contributed by atoms with Crippen LogP contribution in [0.3, 0.4) is 0 Å². The highest BCUT2D eigenvalue weighted by molar-refractivity contribution is 5.96. The minimum absolute atomic E-state index is 0.0596. The Morgan fingerprint density at radius 2 is 1.76 bits per heavy atom. The van der Waals surface area contributed by atoms with E-state index in [1.807, 2.05) is 54.6 Å². The molecule has 1 fully saturated rings. The van der Waals surface area contributed by atoms with Gasteiger partial charge in [-0.2, -0.15) is 0 Å². The average molecular weight is 281 g/mol. The van der Waals surface area contributed by atoms with Gasteiger partial charge in [0.05, 0.1) is 6.10 Å². The van der Waals surface area contributed by atoms with Crippen LogP contribution in [-0.4, -0.2) is 11.9 Å². The van der Waals surface area contributed by atoms with Crippen LogP contribution in [0, 0.1) is 0 Å². The quantitative estimate of drug-likeness (QED) is 0.824. The van der Waals surface area contributed by atoms with E-state index < -0.39 is 0 Å². The third-order valence-corrected chi connectivity index (χ3v) is 3.64. The van der Waals surface area contributed by atoms with Crippen molar-refractivity contribution < 1.29 is 9.53 Å². The van der Waals surface area contributed by atoms with Crippen molar-refractivity contribution >= 4 is 5.78 Å². The number of ether oxygens (including phenoxy) is 1. The average Bonchev–Trinajstić information content (AvgIpc) is 3.33. The molecule has 0 bridgehead atoms. The normalized spacial score (nSPS) is 15.5. The molecular weight excluding hydrogens is 262 g/mol. The summed E-state index contributed by atoms with van der Waals surface area (Å²) in [7, 11) is 0. The third kappa shape index (κ3) is 3.70. The van der Waals surface area contributed by atoms with Crippen LogP contribution in [0.5, 0.6) is 5.75 Å². The Kier molecular flexibility index (Phi) is 4.02. The molecular formula is C18H19NO2. The van der Waals surface area contributed by atoms with Crippen LogP contribution in [0.15, 0.2) is 54.6 Å². The van der Waals surface area contributed by atoms with Gasteiger partial charge in [-0.3, -0.25) is 4.79 Å². The number of carbonyl (C=O) groups is 1. The third-order valence-electron chi connectivity index (χ3n) is 3.64. The Balaban J connectivity index is 1.61. The lowest BCUT2D eigenvalue weighted by molar-refractivity contribution is 0.0974. The molecule has 21 heavy (non-hydrogen) atoms. The molecule has 3 heteroatoms. The lowest BCUT2D eigenvalue weighted by atomic mass is 9.99. The van der Waals surface area contributed by atoms with E-state index >= 15 is 0 Å². The molecule has 1 aliphatic carbocycles. The number of hydrogen-bond acceptors (Lipinski definition) is 3. The number of ketones is 1. The van der Waals surface area contributed by atoms with Crippen molar-refractivity contribution in [3.05, 3.63) is 65.7 Å². The first-order valence-corrected chi connectivity index (χ1v) is 7.33. The van der Waals surface area contributed by atoms with Gasteiger partial charge in [0.1, 0.15) is 5.75 Å². The summed E-state index contributed by atoms with van der Waals surface area (Å²) in [5, 5.41) is 0. The van der Waals surface area contributed by atoms with Crippen LogP contribution < -0.4 is 10.5 Å². The zero-order chi connectivity index (χ0) is 14.7. The number of hydrogen-bond donors (Lipinski definition) is 1. The van der Waals surface area contributed by atoms with E-state index in [0.29, 0.717) is 18.1 Å². The maximum Gasteiger partial charge on any atom is 0.164 e. The first-order chi connectivity index (χ1) is 10.2. The molecule has 2 N–H and O–H groups in total. The highest BCUT2D eigenvalue weighted by Crippen LogP contribution is 2.27. The molecule has 2 aromatic rings. The molecule has 108 valence electrons. The van der Waals surface area contributed by atoms with E-state index in [0.717, 1.165) is 24.2 Å². The van der Waals surface area contributed by atoms with Crippen LogP contribution in [0.4, 0.5) is 0 Å². The zero-order valence-electron chi connectivity index (χ0n) is 11.9. The summed E-state index contributed by atoms with van der Waals surface area (Å²) in [4.78, 5) is 12.3. The van der Waals surface area contributed by atoms with Crippen molar-refractivity contribution in [2.24, 2.45) is 5.73 Å². The van der Waals surface area contributed by atoms with Gasteiger partial charge in [0.15, 0.2) is 5.78 Å². The summed E-state index contributed by atoms with van der Waals surface area (Å²) in [6, 6.07) is 16.8. The van der Waals surface area contributed by atoms with Crippen molar-refractivity contribution in [1.29, 1.82) is 0 Å². The molecule has 0 aliphatic heterocycles. The Morgan fingerprint density at radius 3 is 2.38 bits per heavy atom. The first-order valence-electron chi connectivity index (χ1n) is 7.33.